The number of rotatable bonds is 2. The highest BCUT2D eigenvalue weighted by atomic mass is 16.5. The van der Waals surface area contributed by atoms with Gasteiger partial charge in [0, 0.05) is 6.61 Å². The molecule has 2 rings (SSSR count). The van der Waals surface area contributed by atoms with E-state index < -0.39 is 5.60 Å². The summed E-state index contributed by atoms with van der Waals surface area (Å²) in [5, 5.41) is 10.6. The highest BCUT2D eigenvalue weighted by Gasteiger charge is 2.53. The number of ether oxygens (including phenoxy) is 1. The molecule has 1 heterocycles. The third-order valence-electron chi connectivity index (χ3n) is 3.85. The van der Waals surface area contributed by atoms with Crippen LogP contribution in [0.4, 0.5) is 0 Å². The molecule has 2 heteroatoms. The van der Waals surface area contributed by atoms with Crippen molar-refractivity contribution in [2.45, 2.75) is 56.1 Å². The summed E-state index contributed by atoms with van der Waals surface area (Å²) in [6.07, 6.45) is 8.84. The number of hydrogen-bond donors (Lipinski definition) is 1. The molecule has 1 aliphatic heterocycles. The first kappa shape index (κ1) is 10.2. The molecule has 0 radical (unpaired) electrons. The first-order chi connectivity index (χ1) is 6.72. The minimum atomic E-state index is -0.635. The van der Waals surface area contributed by atoms with E-state index in [1.54, 1.807) is 0 Å². The van der Waals surface area contributed by atoms with Gasteiger partial charge in [-0.3, -0.25) is 0 Å². The van der Waals surface area contributed by atoms with Crippen LogP contribution in [0.3, 0.4) is 0 Å². The molecule has 0 aromatic heterocycles. The van der Waals surface area contributed by atoms with Crippen molar-refractivity contribution in [1.82, 2.24) is 0 Å². The Kier molecular flexibility index (Phi) is 2.67. The molecule has 2 nitrogen and oxygen atoms in total. The minimum Gasteiger partial charge on any atom is -0.387 e. The molecule has 0 aromatic carbocycles. The van der Waals surface area contributed by atoms with Crippen molar-refractivity contribution in [2.24, 2.45) is 0 Å². The minimum absolute atomic E-state index is 0.237. The highest BCUT2D eigenvalue weighted by molar-refractivity contribution is 5.07. The molecule has 1 spiro atoms. The average Bonchev–Trinajstić information content (AvgIpc) is 2.62. The molecule has 2 atom stereocenters. The Hall–Kier alpha value is -0.340. The topological polar surface area (TPSA) is 29.5 Å². The van der Waals surface area contributed by atoms with Crippen molar-refractivity contribution in [1.29, 1.82) is 0 Å². The van der Waals surface area contributed by atoms with E-state index in [4.69, 9.17) is 4.74 Å². The molecule has 1 saturated carbocycles. The Morgan fingerprint density at radius 3 is 2.57 bits per heavy atom. The Labute approximate surface area is 86.0 Å². The summed E-state index contributed by atoms with van der Waals surface area (Å²) in [5.74, 6) is 0. The van der Waals surface area contributed by atoms with Crippen LogP contribution >= 0.6 is 0 Å². The van der Waals surface area contributed by atoms with Gasteiger partial charge in [0.2, 0.25) is 0 Å². The molecule has 80 valence electrons. The predicted molar refractivity (Wildman–Crippen MR) is 56.1 cm³/mol. The van der Waals surface area contributed by atoms with Crippen molar-refractivity contribution in [3.05, 3.63) is 12.7 Å². The molecule has 2 fully saturated rings. The van der Waals surface area contributed by atoms with E-state index in [-0.39, 0.29) is 5.60 Å². The third kappa shape index (κ3) is 1.41. The molecular formula is C12H20O2. The van der Waals surface area contributed by atoms with Crippen LogP contribution in [0, 0.1) is 0 Å². The molecule has 0 bridgehead atoms. The Morgan fingerprint density at radius 1 is 1.21 bits per heavy atom. The van der Waals surface area contributed by atoms with Gasteiger partial charge in [0.1, 0.15) is 0 Å². The standard InChI is InChI=1S/C12H20O2/c1-2-6-11(13)7-3-4-8-12(11)9-5-10-14-12/h2,13H,1,3-10H2/t11-,12-/m0/s1. The van der Waals surface area contributed by atoms with E-state index in [1.807, 2.05) is 6.08 Å². The van der Waals surface area contributed by atoms with Crippen LogP contribution in [-0.2, 0) is 4.74 Å². The van der Waals surface area contributed by atoms with Gasteiger partial charge in [-0.1, -0.05) is 18.9 Å². The first-order valence-electron chi connectivity index (χ1n) is 5.70. The van der Waals surface area contributed by atoms with Crippen molar-refractivity contribution in [3.63, 3.8) is 0 Å². The van der Waals surface area contributed by atoms with Gasteiger partial charge >= 0.3 is 0 Å². The van der Waals surface area contributed by atoms with E-state index >= 15 is 0 Å². The van der Waals surface area contributed by atoms with E-state index in [1.165, 1.54) is 6.42 Å². The SMILES string of the molecule is C=CC[C@]1(O)CCCC[C@]12CCCO2. The molecule has 1 N–H and O–H groups in total. The fraction of sp³-hybridized carbons (Fsp3) is 0.833. The van der Waals surface area contributed by atoms with Gasteiger partial charge in [-0.2, -0.15) is 0 Å². The lowest BCUT2D eigenvalue weighted by Crippen LogP contribution is -2.55. The molecular weight excluding hydrogens is 176 g/mol. The second kappa shape index (κ2) is 3.67. The molecule has 1 saturated heterocycles. The van der Waals surface area contributed by atoms with Crippen molar-refractivity contribution in [2.75, 3.05) is 6.61 Å². The van der Waals surface area contributed by atoms with E-state index in [9.17, 15) is 5.11 Å². The van der Waals surface area contributed by atoms with E-state index in [0.717, 1.165) is 38.7 Å². The Bertz CT molecular complexity index is 218. The Balaban J connectivity index is 2.21. The van der Waals surface area contributed by atoms with Gasteiger partial charge in [-0.15, -0.1) is 6.58 Å². The van der Waals surface area contributed by atoms with E-state index in [2.05, 4.69) is 6.58 Å². The van der Waals surface area contributed by atoms with Gasteiger partial charge in [0.05, 0.1) is 11.2 Å². The molecule has 2 aliphatic rings. The summed E-state index contributed by atoms with van der Waals surface area (Å²) < 4.78 is 5.85. The second-order valence-electron chi connectivity index (χ2n) is 4.68. The van der Waals surface area contributed by atoms with Crippen molar-refractivity contribution < 1.29 is 9.84 Å². The average molecular weight is 196 g/mol. The fourth-order valence-corrected chi connectivity index (χ4v) is 3.08. The van der Waals surface area contributed by atoms with Gasteiger partial charge in [-0.25, -0.2) is 0 Å². The second-order valence-corrected chi connectivity index (χ2v) is 4.68. The van der Waals surface area contributed by atoms with E-state index in [0.29, 0.717) is 6.42 Å². The lowest BCUT2D eigenvalue weighted by Gasteiger charge is -2.47. The zero-order chi connectivity index (χ0) is 10.1. The smallest absolute Gasteiger partial charge is 0.0971 e. The maximum atomic E-state index is 10.6. The van der Waals surface area contributed by atoms with Crippen molar-refractivity contribution in [3.8, 4) is 0 Å². The van der Waals surface area contributed by atoms with Gasteiger partial charge in [0.25, 0.3) is 0 Å². The largest absolute Gasteiger partial charge is 0.387 e. The summed E-state index contributed by atoms with van der Waals surface area (Å²) in [5.41, 5.74) is -0.872. The first-order valence-corrected chi connectivity index (χ1v) is 5.70. The van der Waals surface area contributed by atoms with Gasteiger partial charge < -0.3 is 9.84 Å². The quantitative estimate of drug-likeness (QED) is 0.687. The molecule has 14 heavy (non-hydrogen) atoms. The maximum Gasteiger partial charge on any atom is 0.0971 e. The summed E-state index contributed by atoms with van der Waals surface area (Å²) in [7, 11) is 0. The molecule has 0 unspecified atom stereocenters. The van der Waals surface area contributed by atoms with Crippen LogP contribution in [0.5, 0.6) is 0 Å². The lowest BCUT2D eigenvalue weighted by atomic mass is 9.68. The maximum absolute atomic E-state index is 10.6. The molecule has 0 aromatic rings. The summed E-state index contributed by atoms with van der Waals surface area (Å²) in [6, 6.07) is 0. The van der Waals surface area contributed by atoms with Crippen LogP contribution in [0.15, 0.2) is 12.7 Å². The fourth-order valence-electron chi connectivity index (χ4n) is 3.08. The van der Waals surface area contributed by atoms with Crippen LogP contribution in [0.25, 0.3) is 0 Å². The molecule has 0 amide bonds. The van der Waals surface area contributed by atoms with Crippen LogP contribution in [-0.4, -0.2) is 22.9 Å². The monoisotopic (exact) mass is 196 g/mol. The summed E-state index contributed by atoms with van der Waals surface area (Å²) in [4.78, 5) is 0. The third-order valence-corrected chi connectivity index (χ3v) is 3.85. The number of aliphatic hydroxyl groups is 1. The zero-order valence-corrected chi connectivity index (χ0v) is 8.80. The van der Waals surface area contributed by atoms with Crippen LogP contribution < -0.4 is 0 Å². The van der Waals surface area contributed by atoms with Gasteiger partial charge in [-0.05, 0) is 32.1 Å². The number of hydrogen-bond acceptors (Lipinski definition) is 2. The zero-order valence-electron chi connectivity index (χ0n) is 8.80. The highest BCUT2D eigenvalue weighted by Crippen LogP contribution is 2.47. The molecule has 1 aliphatic carbocycles. The van der Waals surface area contributed by atoms with Crippen LogP contribution in [0.2, 0.25) is 0 Å². The predicted octanol–water partition coefficient (Wildman–Crippen LogP) is 2.42. The van der Waals surface area contributed by atoms with Gasteiger partial charge in [0.15, 0.2) is 0 Å². The Morgan fingerprint density at radius 2 is 1.93 bits per heavy atom. The lowest BCUT2D eigenvalue weighted by molar-refractivity contribution is -0.179. The normalized spacial score (nSPS) is 42.9. The van der Waals surface area contributed by atoms with Crippen molar-refractivity contribution >= 4 is 0 Å². The summed E-state index contributed by atoms with van der Waals surface area (Å²) >= 11 is 0. The van der Waals surface area contributed by atoms with Crippen LogP contribution in [0.1, 0.15) is 44.9 Å². The summed E-state index contributed by atoms with van der Waals surface area (Å²) in [6.45, 7) is 4.56.